The molecule has 2 unspecified atom stereocenters. The Bertz CT molecular complexity index is 921. The Balaban J connectivity index is 4.42. The molecule has 0 radical (unpaired) electrons. The second kappa shape index (κ2) is 30.5. The van der Waals surface area contributed by atoms with Gasteiger partial charge in [0.2, 0.25) is 0 Å². The zero-order valence-electron chi connectivity index (χ0n) is 29.7. The molecule has 0 fully saturated rings. The van der Waals surface area contributed by atoms with E-state index in [9.17, 15) is 14.3 Å². The molecule has 0 aliphatic carbocycles. The quantitative estimate of drug-likeness (QED) is 0.0240. The summed E-state index contributed by atoms with van der Waals surface area (Å²) in [5.74, 6) is -0.396. The molecule has 0 amide bonds. The summed E-state index contributed by atoms with van der Waals surface area (Å²) in [7, 11) is 1.31. The smallest absolute Gasteiger partial charge is 0.306 e. The number of phosphoric ester groups is 1. The van der Waals surface area contributed by atoms with Gasteiger partial charge in [0.15, 0.2) is 0 Å². The summed E-state index contributed by atoms with van der Waals surface area (Å²) in [6.45, 7) is 5.14. The predicted molar refractivity (Wildman–Crippen MR) is 189 cm³/mol. The summed E-state index contributed by atoms with van der Waals surface area (Å²) >= 11 is 0. The Hall–Kier alpha value is -1.80. The third-order valence-electron chi connectivity index (χ3n) is 6.83. The molecule has 9 heteroatoms. The molecule has 0 aromatic rings. The molecule has 0 spiro atoms. The molecular weight excluding hydrogens is 601 g/mol. The maximum atomic E-state index is 12.5. The van der Waals surface area contributed by atoms with E-state index in [1.54, 1.807) is 0 Å². The minimum absolute atomic E-state index is 0.0132. The van der Waals surface area contributed by atoms with Crippen LogP contribution < -0.4 is 4.89 Å². The molecule has 0 heterocycles. The number of carbonyl (C=O) groups is 1. The number of hydrogen-bond donors (Lipinski definition) is 0. The lowest BCUT2D eigenvalue weighted by Gasteiger charge is -2.28. The van der Waals surface area contributed by atoms with Gasteiger partial charge < -0.3 is 27.9 Å². The number of unbranched alkanes of at least 4 members (excludes halogenated alkanes) is 7. The van der Waals surface area contributed by atoms with Crippen molar-refractivity contribution in [3.05, 3.63) is 60.8 Å². The van der Waals surface area contributed by atoms with Gasteiger partial charge >= 0.3 is 5.97 Å². The first-order valence-electron chi connectivity index (χ1n) is 17.5. The van der Waals surface area contributed by atoms with Gasteiger partial charge in [0, 0.05) is 13.0 Å². The highest BCUT2D eigenvalue weighted by Gasteiger charge is 2.20. The second-order valence-corrected chi connectivity index (χ2v) is 13.9. The third-order valence-corrected chi connectivity index (χ3v) is 7.80. The molecule has 46 heavy (non-hydrogen) atoms. The Morgan fingerprint density at radius 3 is 1.80 bits per heavy atom. The number of allylic oxidation sites excluding steroid dienone is 10. The molecular formula is C37H66NO7P. The lowest BCUT2D eigenvalue weighted by molar-refractivity contribution is -0.870. The van der Waals surface area contributed by atoms with Crippen molar-refractivity contribution in [1.82, 2.24) is 0 Å². The second-order valence-electron chi connectivity index (χ2n) is 12.5. The topological polar surface area (TPSA) is 94.1 Å². The zero-order chi connectivity index (χ0) is 34.2. The number of ether oxygens (including phenoxy) is 2. The average molecular weight is 668 g/mol. The average Bonchev–Trinajstić information content (AvgIpc) is 2.99. The van der Waals surface area contributed by atoms with E-state index >= 15 is 0 Å². The minimum atomic E-state index is -4.52. The van der Waals surface area contributed by atoms with Crippen LogP contribution in [0.1, 0.15) is 110 Å². The summed E-state index contributed by atoms with van der Waals surface area (Å²) in [5.41, 5.74) is 0. The number of phosphoric acid groups is 1. The van der Waals surface area contributed by atoms with E-state index in [1.165, 1.54) is 32.1 Å². The highest BCUT2D eigenvalue weighted by molar-refractivity contribution is 7.45. The molecule has 0 saturated carbocycles. The molecule has 8 nitrogen and oxygen atoms in total. The number of hydrogen-bond acceptors (Lipinski definition) is 7. The molecule has 0 bridgehead atoms. The van der Waals surface area contributed by atoms with Crippen LogP contribution in [0.5, 0.6) is 0 Å². The number of carbonyl (C=O) groups excluding carboxylic acids is 1. The van der Waals surface area contributed by atoms with Crippen LogP contribution in [0.3, 0.4) is 0 Å². The van der Waals surface area contributed by atoms with E-state index in [-0.39, 0.29) is 26.2 Å². The van der Waals surface area contributed by atoms with Crippen LogP contribution in [0.15, 0.2) is 60.8 Å². The van der Waals surface area contributed by atoms with Gasteiger partial charge in [-0.25, -0.2) is 0 Å². The molecule has 2 atom stereocenters. The standard InChI is InChI=1S/C37H66NO7P/c1-6-8-10-12-14-15-16-17-18-19-20-21-22-23-24-26-28-30-37(39)45-36(34-42-32-29-27-25-13-11-9-7-2)35-44-46(40,41)43-33-31-38(3,4)5/h8,10,14-15,17-18,20-21,23-24,36H,6-7,9,11-13,16,19,22,25-35H2,1-5H3/b10-8-,15-14-,18-17-,21-20-,24-23-. The van der Waals surface area contributed by atoms with Crippen LogP contribution in [-0.2, 0) is 27.9 Å². The van der Waals surface area contributed by atoms with Crippen molar-refractivity contribution in [3.8, 4) is 0 Å². The summed E-state index contributed by atoms with van der Waals surface area (Å²) < 4.78 is 34.1. The highest BCUT2D eigenvalue weighted by atomic mass is 31.2. The van der Waals surface area contributed by atoms with E-state index in [2.05, 4.69) is 74.6 Å². The molecule has 0 aliphatic heterocycles. The van der Waals surface area contributed by atoms with Crippen LogP contribution >= 0.6 is 7.82 Å². The fraction of sp³-hybridized carbons (Fsp3) is 0.703. The Morgan fingerprint density at radius 1 is 0.696 bits per heavy atom. The van der Waals surface area contributed by atoms with Crippen molar-refractivity contribution in [1.29, 1.82) is 0 Å². The van der Waals surface area contributed by atoms with Crippen molar-refractivity contribution in [2.24, 2.45) is 0 Å². The number of esters is 1. The van der Waals surface area contributed by atoms with E-state index < -0.39 is 19.9 Å². The maximum Gasteiger partial charge on any atom is 0.306 e. The zero-order valence-corrected chi connectivity index (χ0v) is 30.6. The van der Waals surface area contributed by atoms with E-state index in [4.69, 9.17) is 18.5 Å². The highest BCUT2D eigenvalue weighted by Crippen LogP contribution is 2.38. The summed E-state index contributed by atoms with van der Waals surface area (Å²) in [6.07, 6.45) is 35.3. The summed E-state index contributed by atoms with van der Waals surface area (Å²) in [4.78, 5) is 24.8. The lowest BCUT2D eigenvalue weighted by Crippen LogP contribution is -2.37. The van der Waals surface area contributed by atoms with E-state index in [0.717, 1.165) is 51.4 Å². The molecule has 0 aromatic carbocycles. The molecule has 0 N–H and O–H groups in total. The van der Waals surface area contributed by atoms with E-state index in [1.807, 2.05) is 21.1 Å². The van der Waals surface area contributed by atoms with Crippen molar-refractivity contribution in [2.75, 3.05) is 54.1 Å². The van der Waals surface area contributed by atoms with Crippen LogP contribution in [0.2, 0.25) is 0 Å². The summed E-state index contributed by atoms with van der Waals surface area (Å²) in [6, 6.07) is 0. The van der Waals surface area contributed by atoms with Crippen molar-refractivity contribution in [3.63, 3.8) is 0 Å². The number of rotatable bonds is 31. The van der Waals surface area contributed by atoms with Gasteiger partial charge in [-0.2, -0.15) is 0 Å². The van der Waals surface area contributed by atoms with Crippen molar-refractivity contribution >= 4 is 13.8 Å². The van der Waals surface area contributed by atoms with Gasteiger partial charge in [0.05, 0.1) is 34.4 Å². The predicted octanol–water partition coefficient (Wildman–Crippen LogP) is 8.79. The lowest BCUT2D eigenvalue weighted by atomic mass is 10.1. The molecule has 0 aromatic heterocycles. The number of quaternary nitrogens is 1. The van der Waals surface area contributed by atoms with Gasteiger partial charge in [-0.15, -0.1) is 0 Å². The van der Waals surface area contributed by atoms with Crippen molar-refractivity contribution < 1.29 is 37.3 Å². The number of nitrogens with zero attached hydrogens (tertiary/aromatic N) is 1. The summed E-state index contributed by atoms with van der Waals surface area (Å²) in [5, 5.41) is 0. The first-order valence-corrected chi connectivity index (χ1v) is 19.0. The number of likely N-dealkylation sites (N-methyl/N-ethyl adjacent to an activating group) is 1. The molecule has 0 rings (SSSR count). The molecule has 266 valence electrons. The monoisotopic (exact) mass is 667 g/mol. The fourth-order valence-corrected chi connectivity index (χ4v) is 4.84. The van der Waals surface area contributed by atoms with Crippen LogP contribution in [0.4, 0.5) is 0 Å². The van der Waals surface area contributed by atoms with Crippen molar-refractivity contribution in [2.45, 2.75) is 116 Å². The van der Waals surface area contributed by atoms with Crippen LogP contribution in [0.25, 0.3) is 0 Å². The SMILES string of the molecule is CC/C=C\C/C=C\C/C=C\C/C=C\C/C=C\CCCC(=O)OC(COCCCCCCCCC)COP(=O)([O-])OCC[N+](C)(C)C. The normalized spacial score (nSPS) is 14.8. The van der Waals surface area contributed by atoms with Gasteiger partial charge in [0.1, 0.15) is 19.3 Å². The Morgan fingerprint density at radius 2 is 1.24 bits per heavy atom. The minimum Gasteiger partial charge on any atom is -0.756 e. The Kier molecular flexibility index (Phi) is 29.3. The van der Waals surface area contributed by atoms with Gasteiger partial charge in [-0.1, -0.05) is 113 Å². The van der Waals surface area contributed by atoms with Crippen LogP contribution in [0, 0.1) is 0 Å². The first-order chi connectivity index (χ1) is 22.1. The van der Waals surface area contributed by atoms with Gasteiger partial charge in [-0.3, -0.25) is 9.36 Å². The fourth-order valence-electron chi connectivity index (χ4n) is 4.11. The van der Waals surface area contributed by atoms with E-state index in [0.29, 0.717) is 24.1 Å². The third kappa shape index (κ3) is 33.6. The Labute approximate surface area is 281 Å². The molecule has 0 aliphatic rings. The largest absolute Gasteiger partial charge is 0.756 e. The van der Waals surface area contributed by atoms with Crippen LogP contribution in [-0.4, -0.2) is 70.7 Å². The van der Waals surface area contributed by atoms with Gasteiger partial charge in [-0.05, 0) is 51.4 Å². The first kappa shape index (κ1) is 44.2. The maximum absolute atomic E-state index is 12.5. The van der Waals surface area contributed by atoms with Gasteiger partial charge in [0.25, 0.3) is 7.82 Å². The molecule has 0 saturated heterocycles.